The number of rotatable bonds is 6. The number of nitrogens with one attached hydrogen (secondary N) is 1. The number of benzene rings is 1. The molecule has 0 saturated carbocycles. The van der Waals surface area contributed by atoms with Crippen molar-refractivity contribution in [2.75, 3.05) is 12.3 Å². The minimum absolute atomic E-state index is 0.623. The topological polar surface area (TPSA) is 24.9 Å². The summed E-state index contributed by atoms with van der Waals surface area (Å²) in [5.74, 6) is 1.29. The molecule has 2 nitrogen and oxygen atoms in total. The van der Waals surface area contributed by atoms with Gasteiger partial charge in [0.1, 0.15) is 5.01 Å². The molecule has 1 aromatic heterocycles. The van der Waals surface area contributed by atoms with Gasteiger partial charge in [0, 0.05) is 17.0 Å². The van der Waals surface area contributed by atoms with Gasteiger partial charge in [0.15, 0.2) is 0 Å². The van der Waals surface area contributed by atoms with Crippen molar-refractivity contribution in [1.29, 1.82) is 0 Å². The minimum Gasteiger partial charge on any atom is -0.312 e. The smallest absolute Gasteiger partial charge is 0.107 e. The van der Waals surface area contributed by atoms with E-state index in [1.165, 1.54) is 46.2 Å². The summed E-state index contributed by atoms with van der Waals surface area (Å²) in [5.41, 5.74) is 2.43. The lowest BCUT2D eigenvalue weighted by molar-refractivity contribution is 0.681. The molecule has 2 heterocycles. The van der Waals surface area contributed by atoms with Gasteiger partial charge in [-0.2, -0.15) is 11.8 Å². The molecule has 21 heavy (non-hydrogen) atoms. The van der Waals surface area contributed by atoms with Gasteiger partial charge in [-0.15, -0.1) is 11.3 Å². The summed E-state index contributed by atoms with van der Waals surface area (Å²) in [6, 6.07) is 10.6. The number of thiazole rings is 1. The van der Waals surface area contributed by atoms with Crippen LogP contribution in [0.15, 0.2) is 30.3 Å². The molecule has 1 fully saturated rings. The molecule has 1 saturated heterocycles. The first kappa shape index (κ1) is 15.1. The molecule has 0 bridgehead atoms. The number of aromatic nitrogens is 1. The van der Waals surface area contributed by atoms with Crippen LogP contribution in [0.4, 0.5) is 0 Å². The van der Waals surface area contributed by atoms with Crippen molar-refractivity contribution in [3.05, 3.63) is 40.2 Å². The van der Waals surface area contributed by atoms with Crippen molar-refractivity contribution in [3.8, 4) is 11.3 Å². The number of nitrogens with zero attached hydrogens (tertiary/aromatic N) is 1. The normalized spacial score (nSPS) is 18.2. The fourth-order valence-electron chi connectivity index (χ4n) is 2.60. The maximum atomic E-state index is 5.00. The number of hydrogen-bond acceptors (Lipinski definition) is 4. The summed E-state index contributed by atoms with van der Waals surface area (Å²) in [6.45, 7) is 4.21. The Morgan fingerprint density at radius 3 is 2.86 bits per heavy atom. The van der Waals surface area contributed by atoms with Crippen LogP contribution in [0.5, 0.6) is 0 Å². The van der Waals surface area contributed by atoms with E-state index in [0.717, 1.165) is 13.1 Å². The van der Waals surface area contributed by atoms with Crippen LogP contribution in [0, 0.1) is 0 Å². The molecule has 4 heteroatoms. The van der Waals surface area contributed by atoms with Crippen LogP contribution in [-0.2, 0) is 6.54 Å². The summed E-state index contributed by atoms with van der Waals surface area (Å²) in [7, 11) is 0. The third-order valence-corrected chi connectivity index (χ3v) is 6.38. The largest absolute Gasteiger partial charge is 0.312 e. The van der Waals surface area contributed by atoms with Crippen molar-refractivity contribution in [3.63, 3.8) is 0 Å². The lowest BCUT2D eigenvalue weighted by Gasteiger charge is -2.03. The van der Waals surface area contributed by atoms with Crippen LogP contribution in [0.25, 0.3) is 11.3 Å². The Morgan fingerprint density at radius 2 is 2.14 bits per heavy atom. The number of thioether (sulfide) groups is 1. The predicted octanol–water partition coefficient (Wildman–Crippen LogP) is 4.88. The quantitative estimate of drug-likeness (QED) is 0.769. The van der Waals surface area contributed by atoms with Crippen LogP contribution in [0.2, 0.25) is 0 Å². The molecule has 2 aromatic rings. The van der Waals surface area contributed by atoms with Crippen molar-refractivity contribution in [1.82, 2.24) is 10.3 Å². The molecule has 1 atom stereocenters. The maximum Gasteiger partial charge on any atom is 0.107 e. The molecule has 1 aliphatic rings. The highest BCUT2D eigenvalue weighted by atomic mass is 32.2. The van der Waals surface area contributed by atoms with Gasteiger partial charge in [0.2, 0.25) is 0 Å². The molecule has 0 aliphatic carbocycles. The monoisotopic (exact) mass is 318 g/mol. The second-order valence-electron chi connectivity index (χ2n) is 5.37. The van der Waals surface area contributed by atoms with E-state index >= 15 is 0 Å². The lowest BCUT2D eigenvalue weighted by Crippen LogP contribution is -2.13. The van der Waals surface area contributed by atoms with Gasteiger partial charge < -0.3 is 5.32 Å². The summed E-state index contributed by atoms with van der Waals surface area (Å²) >= 11 is 3.98. The minimum atomic E-state index is 0.623. The van der Waals surface area contributed by atoms with Crippen molar-refractivity contribution < 1.29 is 0 Å². The molecular formula is C17H22N2S2. The molecule has 1 unspecified atom stereocenters. The number of hydrogen-bond donors (Lipinski definition) is 1. The third kappa shape index (κ3) is 3.68. The zero-order chi connectivity index (χ0) is 14.5. The highest BCUT2D eigenvalue weighted by Gasteiger charge is 2.23. The van der Waals surface area contributed by atoms with Crippen LogP contribution >= 0.6 is 23.1 Å². The molecule has 1 aliphatic heterocycles. The second-order valence-corrected chi connectivity index (χ2v) is 7.79. The Kier molecular flexibility index (Phi) is 5.33. The van der Waals surface area contributed by atoms with E-state index in [0.29, 0.717) is 5.25 Å². The van der Waals surface area contributed by atoms with Gasteiger partial charge >= 0.3 is 0 Å². The SMILES string of the molecule is CCCNCc1sc(C2CCCS2)nc1-c1ccccc1. The predicted molar refractivity (Wildman–Crippen MR) is 94.0 cm³/mol. The molecule has 1 N–H and O–H groups in total. The van der Waals surface area contributed by atoms with Crippen LogP contribution in [0.1, 0.15) is 41.3 Å². The first-order chi connectivity index (χ1) is 10.4. The van der Waals surface area contributed by atoms with E-state index in [2.05, 4.69) is 54.3 Å². The average Bonchev–Trinajstić information content (AvgIpc) is 3.18. The molecule has 0 radical (unpaired) electrons. The summed E-state index contributed by atoms with van der Waals surface area (Å²) in [5, 5.41) is 5.48. The van der Waals surface area contributed by atoms with Crippen LogP contribution < -0.4 is 5.32 Å². The maximum absolute atomic E-state index is 5.00. The first-order valence-corrected chi connectivity index (χ1v) is 9.62. The lowest BCUT2D eigenvalue weighted by atomic mass is 10.1. The van der Waals surface area contributed by atoms with Gasteiger partial charge in [-0.3, -0.25) is 0 Å². The van der Waals surface area contributed by atoms with Gasteiger partial charge in [-0.25, -0.2) is 4.98 Å². The van der Waals surface area contributed by atoms with E-state index in [-0.39, 0.29) is 0 Å². The van der Waals surface area contributed by atoms with E-state index in [1.807, 2.05) is 11.3 Å². The highest BCUT2D eigenvalue weighted by molar-refractivity contribution is 7.99. The Labute approximate surface area is 135 Å². The van der Waals surface area contributed by atoms with Gasteiger partial charge in [0.25, 0.3) is 0 Å². The summed E-state index contributed by atoms with van der Waals surface area (Å²) in [4.78, 5) is 6.39. The van der Waals surface area contributed by atoms with Gasteiger partial charge in [0.05, 0.1) is 10.9 Å². The average molecular weight is 319 g/mol. The molecule has 3 rings (SSSR count). The molecule has 0 amide bonds. The van der Waals surface area contributed by atoms with E-state index < -0.39 is 0 Å². The van der Waals surface area contributed by atoms with Crippen molar-refractivity contribution in [2.24, 2.45) is 0 Å². The Hall–Kier alpha value is -0.840. The van der Waals surface area contributed by atoms with Crippen molar-refractivity contribution in [2.45, 2.75) is 38.0 Å². The molecule has 0 spiro atoms. The zero-order valence-electron chi connectivity index (χ0n) is 12.5. The summed E-state index contributed by atoms with van der Waals surface area (Å²) in [6.07, 6.45) is 3.79. The van der Waals surface area contributed by atoms with Gasteiger partial charge in [-0.05, 0) is 31.6 Å². The standard InChI is InChI=1S/C17H22N2S2/c1-2-10-18-12-15-16(13-7-4-3-5-8-13)19-17(21-15)14-9-6-11-20-14/h3-5,7-8,14,18H,2,6,9-12H2,1H3. The Bertz CT molecular complexity index is 559. The van der Waals surface area contributed by atoms with Crippen molar-refractivity contribution >= 4 is 23.1 Å². The van der Waals surface area contributed by atoms with E-state index in [1.54, 1.807) is 0 Å². The summed E-state index contributed by atoms with van der Waals surface area (Å²) < 4.78 is 0. The van der Waals surface area contributed by atoms with Crippen LogP contribution in [-0.4, -0.2) is 17.3 Å². The fourth-order valence-corrected chi connectivity index (χ4v) is 5.17. The third-order valence-electron chi connectivity index (χ3n) is 3.68. The zero-order valence-corrected chi connectivity index (χ0v) is 14.1. The Morgan fingerprint density at radius 1 is 1.29 bits per heavy atom. The first-order valence-electron chi connectivity index (χ1n) is 7.76. The molecule has 1 aromatic carbocycles. The van der Waals surface area contributed by atoms with Gasteiger partial charge in [-0.1, -0.05) is 37.3 Å². The molecular weight excluding hydrogens is 296 g/mol. The molecule has 112 valence electrons. The van der Waals surface area contributed by atoms with Crippen LogP contribution in [0.3, 0.4) is 0 Å². The Balaban J connectivity index is 1.87. The van der Waals surface area contributed by atoms with E-state index in [9.17, 15) is 0 Å². The van der Waals surface area contributed by atoms with E-state index in [4.69, 9.17) is 4.98 Å². The highest BCUT2D eigenvalue weighted by Crippen LogP contribution is 2.43. The second kappa shape index (κ2) is 7.43. The fraction of sp³-hybridized carbons (Fsp3) is 0.471.